The number of halogens is 1. The number of nitrogens with zero attached hydrogens (tertiary/aromatic N) is 3. The largest absolute Gasteiger partial charge is 0.366 e. The number of hydrogen-bond acceptors (Lipinski definition) is 5. The van der Waals surface area contributed by atoms with Crippen molar-refractivity contribution in [2.45, 2.75) is 13.5 Å². The summed E-state index contributed by atoms with van der Waals surface area (Å²) in [6.07, 6.45) is 0. The van der Waals surface area contributed by atoms with Crippen molar-refractivity contribution in [3.63, 3.8) is 0 Å². The van der Waals surface area contributed by atoms with Gasteiger partial charge in [0.15, 0.2) is 0 Å². The SMILES string of the molecule is Cc1noc2nc(-c3ccc(F)cc3)cc(C(=O)N(C)Cc3cccc(C(N)=O)c3)c12. The van der Waals surface area contributed by atoms with E-state index in [4.69, 9.17) is 10.3 Å². The van der Waals surface area contributed by atoms with Gasteiger partial charge in [0.05, 0.1) is 22.3 Å². The molecule has 2 heterocycles. The lowest BCUT2D eigenvalue weighted by molar-refractivity contribution is 0.0787. The van der Waals surface area contributed by atoms with E-state index < -0.39 is 5.91 Å². The minimum Gasteiger partial charge on any atom is -0.366 e. The summed E-state index contributed by atoms with van der Waals surface area (Å²) in [6.45, 7) is 2.00. The summed E-state index contributed by atoms with van der Waals surface area (Å²) >= 11 is 0. The summed E-state index contributed by atoms with van der Waals surface area (Å²) in [5, 5.41) is 4.46. The van der Waals surface area contributed by atoms with Gasteiger partial charge in [-0.15, -0.1) is 0 Å². The van der Waals surface area contributed by atoms with Crippen LogP contribution >= 0.6 is 0 Å². The van der Waals surface area contributed by atoms with Gasteiger partial charge < -0.3 is 15.2 Å². The van der Waals surface area contributed by atoms with Gasteiger partial charge in [0.1, 0.15) is 5.82 Å². The van der Waals surface area contributed by atoms with E-state index in [0.717, 1.165) is 5.56 Å². The van der Waals surface area contributed by atoms with Crippen molar-refractivity contribution in [1.82, 2.24) is 15.0 Å². The van der Waals surface area contributed by atoms with Crippen LogP contribution in [0.4, 0.5) is 4.39 Å². The third-order valence-corrected chi connectivity index (χ3v) is 4.97. The highest BCUT2D eigenvalue weighted by molar-refractivity contribution is 6.06. The second-order valence-electron chi connectivity index (χ2n) is 7.24. The van der Waals surface area contributed by atoms with Crippen molar-refractivity contribution >= 4 is 22.9 Å². The van der Waals surface area contributed by atoms with Gasteiger partial charge in [-0.1, -0.05) is 17.3 Å². The number of carbonyl (C=O) groups excluding carboxylic acids is 2. The number of pyridine rings is 1. The number of rotatable bonds is 5. The number of benzene rings is 2. The summed E-state index contributed by atoms with van der Waals surface area (Å²) in [7, 11) is 1.66. The molecule has 0 spiro atoms. The average Bonchev–Trinajstić information content (AvgIpc) is 3.14. The zero-order valence-corrected chi connectivity index (χ0v) is 16.9. The first-order valence-electron chi connectivity index (χ1n) is 9.50. The number of fused-ring (bicyclic) bond motifs is 1. The summed E-state index contributed by atoms with van der Waals surface area (Å²) < 4.78 is 18.6. The summed E-state index contributed by atoms with van der Waals surface area (Å²) in [5.74, 6) is -1.17. The zero-order valence-electron chi connectivity index (χ0n) is 16.9. The van der Waals surface area contributed by atoms with Crippen molar-refractivity contribution < 1.29 is 18.5 Å². The third kappa shape index (κ3) is 4.00. The highest BCUT2D eigenvalue weighted by Crippen LogP contribution is 2.28. The maximum absolute atomic E-state index is 13.3. The van der Waals surface area contributed by atoms with Gasteiger partial charge >= 0.3 is 0 Å². The molecular formula is C23H19FN4O3. The topological polar surface area (TPSA) is 102 Å². The lowest BCUT2D eigenvalue weighted by Gasteiger charge is -2.18. The monoisotopic (exact) mass is 418 g/mol. The van der Waals surface area contributed by atoms with E-state index in [1.165, 1.54) is 17.0 Å². The summed E-state index contributed by atoms with van der Waals surface area (Å²) in [6, 6.07) is 14.3. The molecule has 2 amide bonds. The molecule has 0 saturated heterocycles. The Bertz CT molecular complexity index is 1300. The number of nitrogens with two attached hydrogens (primary N) is 1. The van der Waals surface area contributed by atoms with E-state index in [1.54, 1.807) is 50.4 Å². The highest BCUT2D eigenvalue weighted by atomic mass is 19.1. The van der Waals surface area contributed by atoms with Gasteiger partial charge in [-0.2, -0.15) is 0 Å². The van der Waals surface area contributed by atoms with Crippen LogP contribution in [0.3, 0.4) is 0 Å². The van der Waals surface area contributed by atoms with E-state index in [1.807, 2.05) is 6.07 Å². The molecule has 8 heteroatoms. The Kier molecular flexibility index (Phi) is 5.21. The first-order valence-corrected chi connectivity index (χ1v) is 9.50. The molecule has 2 N–H and O–H groups in total. The molecule has 2 aromatic heterocycles. The Labute approximate surface area is 177 Å². The molecule has 7 nitrogen and oxygen atoms in total. The first kappa shape index (κ1) is 20.2. The molecule has 4 rings (SSSR count). The van der Waals surface area contributed by atoms with Crippen LogP contribution in [-0.2, 0) is 6.54 Å². The van der Waals surface area contributed by atoms with E-state index in [9.17, 15) is 14.0 Å². The lowest BCUT2D eigenvalue weighted by atomic mass is 10.0. The molecule has 0 aliphatic carbocycles. The van der Waals surface area contributed by atoms with Crippen LogP contribution in [-0.4, -0.2) is 33.9 Å². The molecular weight excluding hydrogens is 399 g/mol. The van der Waals surface area contributed by atoms with Crippen LogP contribution in [0, 0.1) is 12.7 Å². The second-order valence-corrected chi connectivity index (χ2v) is 7.24. The Morgan fingerprint density at radius 2 is 1.87 bits per heavy atom. The molecule has 0 fully saturated rings. The standard InChI is InChI=1S/C23H19FN4O3/c1-13-20-18(23(30)28(2)12-14-4-3-5-16(10-14)21(25)29)11-19(26-22(20)31-27-13)15-6-8-17(24)9-7-15/h3-11H,12H2,1-2H3,(H2,25,29). The van der Waals surface area contributed by atoms with Crippen LogP contribution in [0.15, 0.2) is 59.1 Å². The minimum atomic E-state index is -0.532. The molecule has 0 radical (unpaired) electrons. The van der Waals surface area contributed by atoms with Crippen LogP contribution < -0.4 is 5.73 Å². The van der Waals surface area contributed by atoms with E-state index in [2.05, 4.69) is 10.1 Å². The maximum atomic E-state index is 13.3. The number of primary amides is 1. The normalized spacial score (nSPS) is 10.9. The molecule has 0 aliphatic rings. The molecule has 0 unspecified atom stereocenters. The average molecular weight is 418 g/mol. The second kappa shape index (κ2) is 7.98. The Morgan fingerprint density at radius 1 is 1.13 bits per heavy atom. The van der Waals surface area contributed by atoms with Gasteiger partial charge in [-0.05, 0) is 55.0 Å². The van der Waals surface area contributed by atoms with Crippen LogP contribution in [0.2, 0.25) is 0 Å². The molecule has 0 atom stereocenters. The van der Waals surface area contributed by atoms with Crippen molar-refractivity contribution in [3.8, 4) is 11.3 Å². The number of aromatic nitrogens is 2. The molecule has 0 saturated carbocycles. The minimum absolute atomic E-state index is 0.229. The van der Waals surface area contributed by atoms with Gasteiger partial charge in [-0.25, -0.2) is 9.37 Å². The Balaban J connectivity index is 1.72. The van der Waals surface area contributed by atoms with E-state index >= 15 is 0 Å². The highest BCUT2D eigenvalue weighted by Gasteiger charge is 2.22. The predicted molar refractivity (Wildman–Crippen MR) is 113 cm³/mol. The molecule has 4 aromatic rings. The van der Waals surface area contributed by atoms with E-state index in [0.29, 0.717) is 33.5 Å². The van der Waals surface area contributed by atoms with Crippen molar-refractivity contribution in [1.29, 1.82) is 0 Å². The Morgan fingerprint density at radius 3 is 2.58 bits per heavy atom. The maximum Gasteiger partial charge on any atom is 0.259 e. The molecule has 2 aromatic carbocycles. The first-order chi connectivity index (χ1) is 14.8. The van der Waals surface area contributed by atoms with Crippen LogP contribution in [0.25, 0.3) is 22.4 Å². The lowest BCUT2D eigenvalue weighted by Crippen LogP contribution is -2.26. The summed E-state index contributed by atoms with van der Waals surface area (Å²) in [4.78, 5) is 30.7. The van der Waals surface area contributed by atoms with Crippen molar-refractivity contribution in [2.24, 2.45) is 5.73 Å². The van der Waals surface area contributed by atoms with Crippen molar-refractivity contribution in [2.75, 3.05) is 7.05 Å². The fourth-order valence-corrected chi connectivity index (χ4v) is 3.41. The van der Waals surface area contributed by atoms with Crippen LogP contribution in [0.5, 0.6) is 0 Å². The molecule has 0 bridgehead atoms. The third-order valence-electron chi connectivity index (χ3n) is 4.97. The number of hydrogen-bond donors (Lipinski definition) is 1. The fraction of sp³-hybridized carbons (Fsp3) is 0.130. The summed E-state index contributed by atoms with van der Waals surface area (Å²) in [5.41, 5.74) is 8.73. The zero-order chi connectivity index (χ0) is 22.1. The molecule has 156 valence electrons. The Hall–Kier alpha value is -4.07. The predicted octanol–water partition coefficient (Wildman–Crippen LogP) is 3.71. The molecule has 31 heavy (non-hydrogen) atoms. The molecule has 0 aliphatic heterocycles. The number of carbonyl (C=O) groups is 2. The van der Waals surface area contributed by atoms with Gasteiger partial charge in [0.2, 0.25) is 5.91 Å². The van der Waals surface area contributed by atoms with Crippen LogP contribution in [0.1, 0.15) is 32.0 Å². The van der Waals surface area contributed by atoms with Gasteiger partial charge in [-0.3, -0.25) is 9.59 Å². The van der Waals surface area contributed by atoms with Gasteiger partial charge in [0.25, 0.3) is 11.6 Å². The van der Waals surface area contributed by atoms with E-state index in [-0.39, 0.29) is 24.0 Å². The number of aryl methyl sites for hydroxylation is 1. The van der Waals surface area contributed by atoms with Crippen molar-refractivity contribution in [3.05, 3.63) is 82.8 Å². The quantitative estimate of drug-likeness (QED) is 0.532. The fourth-order valence-electron chi connectivity index (χ4n) is 3.41. The smallest absolute Gasteiger partial charge is 0.259 e. The number of amides is 2. The van der Waals surface area contributed by atoms with Gasteiger partial charge in [0, 0.05) is 24.7 Å².